The molecule has 0 saturated heterocycles. The topological polar surface area (TPSA) is 91.0 Å². The Balaban J connectivity index is 1.47. The molecule has 1 saturated carbocycles. The van der Waals surface area contributed by atoms with Crippen LogP contribution < -0.4 is 16.0 Å². The number of benzene rings is 4. The van der Waals surface area contributed by atoms with E-state index in [-0.39, 0.29) is 23.8 Å². The standard InChI is InChI=1S/C39H43N5O2/c1-26(2)36(40)38(45)41-32-18-20-33(21-19-32)44-35-22-17-31(30-16-10-11-27(3)23-30)24-34(35)37(29-14-8-5-9-15-29)42-43(39(44)46)25-28-12-6-4-7-13-28/h4,6-7,10-13,16-24,26,29,36H,5,8-9,14-15,25,40H2,1-3H3,(H,41,45)/t36-/m1/s1. The monoisotopic (exact) mass is 613 g/mol. The molecule has 0 radical (unpaired) electrons. The van der Waals surface area contributed by atoms with Crippen LogP contribution >= 0.6 is 0 Å². The Bertz CT molecular complexity index is 1730. The first-order valence-electron chi connectivity index (χ1n) is 16.4. The lowest BCUT2D eigenvalue weighted by Crippen LogP contribution is -2.39. The van der Waals surface area contributed by atoms with Crippen LogP contribution in [0.15, 0.2) is 102 Å². The van der Waals surface area contributed by atoms with Crippen LogP contribution in [0.25, 0.3) is 11.1 Å². The van der Waals surface area contributed by atoms with Gasteiger partial charge in [-0.15, -0.1) is 0 Å². The number of urea groups is 1. The van der Waals surface area contributed by atoms with E-state index in [9.17, 15) is 9.59 Å². The van der Waals surface area contributed by atoms with Gasteiger partial charge in [0.05, 0.1) is 29.7 Å². The summed E-state index contributed by atoms with van der Waals surface area (Å²) < 4.78 is 0. The minimum atomic E-state index is -0.608. The smallest absolute Gasteiger partial charge is 0.325 e. The average molecular weight is 614 g/mol. The van der Waals surface area contributed by atoms with Crippen molar-refractivity contribution in [1.29, 1.82) is 0 Å². The number of aryl methyl sites for hydroxylation is 1. The maximum atomic E-state index is 14.6. The van der Waals surface area contributed by atoms with Crippen LogP contribution in [0.2, 0.25) is 0 Å². The maximum Gasteiger partial charge on any atom is 0.349 e. The second-order valence-electron chi connectivity index (χ2n) is 12.9. The minimum absolute atomic E-state index is 0.0177. The number of fused-ring (bicyclic) bond motifs is 1. The molecule has 236 valence electrons. The SMILES string of the molecule is Cc1cccc(-c2ccc3c(c2)C(C2CCCCC2)=NN(Cc2ccccc2)C(=O)N3c2ccc(NC(=O)[C@H](N)C(C)C)cc2)c1. The van der Waals surface area contributed by atoms with E-state index in [2.05, 4.69) is 54.7 Å². The van der Waals surface area contributed by atoms with Crippen molar-refractivity contribution in [1.82, 2.24) is 5.01 Å². The van der Waals surface area contributed by atoms with E-state index in [0.29, 0.717) is 17.9 Å². The highest BCUT2D eigenvalue weighted by Gasteiger charge is 2.34. The zero-order valence-electron chi connectivity index (χ0n) is 26.9. The molecule has 7 heteroatoms. The van der Waals surface area contributed by atoms with Gasteiger partial charge in [-0.3, -0.25) is 9.69 Å². The fourth-order valence-electron chi connectivity index (χ4n) is 6.39. The van der Waals surface area contributed by atoms with Crippen LogP contribution in [-0.2, 0) is 11.3 Å². The van der Waals surface area contributed by atoms with Gasteiger partial charge in [0.2, 0.25) is 5.91 Å². The number of anilines is 3. The molecule has 1 heterocycles. The molecule has 4 aromatic rings. The van der Waals surface area contributed by atoms with Gasteiger partial charge in [-0.25, -0.2) is 9.80 Å². The summed E-state index contributed by atoms with van der Waals surface area (Å²) in [6, 6.07) is 31.5. The zero-order valence-corrected chi connectivity index (χ0v) is 26.9. The van der Waals surface area contributed by atoms with Crippen LogP contribution in [0, 0.1) is 18.8 Å². The van der Waals surface area contributed by atoms with Crippen LogP contribution in [0.5, 0.6) is 0 Å². The molecule has 1 aliphatic heterocycles. The Morgan fingerprint density at radius 2 is 1.61 bits per heavy atom. The van der Waals surface area contributed by atoms with Gasteiger partial charge in [0.1, 0.15) is 0 Å². The normalized spacial score (nSPS) is 16.1. The molecule has 0 aromatic heterocycles. The Labute approximate surface area is 272 Å². The lowest BCUT2D eigenvalue weighted by atomic mass is 9.82. The van der Waals surface area contributed by atoms with Crippen LogP contribution in [0.3, 0.4) is 0 Å². The number of hydrogen-bond donors (Lipinski definition) is 2. The molecular weight excluding hydrogens is 570 g/mol. The number of carbonyl (C=O) groups is 2. The fourth-order valence-corrected chi connectivity index (χ4v) is 6.39. The minimum Gasteiger partial charge on any atom is -0.325 e. The van der Waals surface area contributed by atoms with Gasteiger partial charge in [-0.2, -0.15) is 5.10 Å². The van der Waals surface area contributed by atoms with Gasteiger partial charge in [-0.1, -0.05) is 99.3 Å². The van der Waals surface area contributed by atoms with Crippen molar-refractivity contribution in [3.63, 3.8) is 0 Å². The lowest BCUT2D eigenvalue weighted by Gasteiger charge is -2.27. The molecule has 6 rings (SSSR count). The largest absolute Gasteiger partial charge is 0.349 e. The van der Waals surface area contributed by atoms with E-state index in [4.69, 9.17) is 10.8 Å². The van der Waals surface area contributed by atoms with Gasteiger partial charge < -0.3 is 11.1 Å². The van der Waals surface area contributed by atoms with Gasteiger partial charge in [0.15, 0.2) is 0 Å². The Morgan fingerprint density at radius 3 is 2.30 bits per heavy atom. The van der Waals surface area contributed by atoms with E-state index < -0.39 is 6.04 Å². The number of nitrogens with two attached hydrogens (primary N) is 1. The number of nitrogens with zero attached hydrogens (tertiary/aromatic N) is 3. The second-order valence-corrected chi connectivity index (χ2v) is 12.9. The van der Waals surface area contributed by atoms with Gasteiger partial charge >= 0.3 is 6.03 Å². The zero-order chi connectivity index (χ0) is 32.2. The Kier molecular flexibility index (Phi) is 9.31. The second kappa shape index (κ2) is 13.7. The fraction of sp³-hybridized carbons (Fsp3) is 0.308. The third-order valence-electron chi connectivity index (χ3n) is 9.09. The van der Waals surface area contributed by atoms with E-state index in [1.54, 1.807) is 9.91 Å². The number of rotatable bonds is 8. The number of nitrogens with one attached hydrogen (secondary N) is 1. The average Bonchev–Trinajstić information content (AvgIpc) is 3.19. The molecule has 3 N–H and O–H groups in total. The third-order valence-corrected chi connectivity index (χ3v) is 9.09. The van der Waals surface area contributed by atoms with Gasteiger partial charge in [0, 0.05) is 17.2 Å². The van der Waals surface area contributed by atoms with Gasteiger partial charge in [0.25, 0.3) is 0 Å². The highest BCUT2D eigenvalue weighted by Crippen LogP contribution is 2.40. The lowest BCUT2D eigenvalue weighted by molar-refractivity contribution is -0.118. The molecular formula is C39H43N5O2. The molecule has 0 spiro atoms. The summed E-state index contributed by atoms with van der Waals surface area (Å²) in [5.41, 5.74) is 14.6. The predicted octanol–water partition coefficient (Wildman–Crippen LogP) is 8.64. The first-order valence-corrected chi connectivity index (χ1v) is 16.4. The number of carbonyl (C=O) groups excluding carboxylic acids is 2. The molecule has 3 amide bonds. The summed E-state index contributed by atoms with van der Waals surface area (Å²) in [4.78, 5) is 29.0. The highest BCUT2D eigenvalue weighted by molar-refractivity contribution is 6.14. The summed E-state index contributed by atoms with van der Waals surface area (Å²) in [5.74, 6) is 0.0420. The quantitative estimate of drug-likeness (QED) is 0.208. The van der Waals surface area contributed by atoms with Crippen molar-refractivity contribution in [2.45, 2.75) is 65.5 Å². The van der Waals surface area contributed by atoms with Crippen molar-refractivity contribution >= 4 is 34.7 Å². The number of hydrogen-bond acceptors (Lipinski definition) is 4. The van der Waals surface area contributed by atoms with Crippen molar-refractivity contribution in [3.8, 4) is 11.1 Å². The van der Waals surface area contributed by atoms with Crippen molar-refractivity contribution in [3.05, 3.63) is 114 Å². The maximum absolute atomic E-state index is 14.6. The molecule has 0 bridgehead atoms. The Morgan fingerprint density at radius 1 is 0.891 bits per heavy atom. The number of hydrazone groups is 1. The van der Waals surface area contributed by atoms with E-state index in [1.165, 1.54) is 12.0 Å². The van der Waals surface area contributed by atoms with Crippen LogP contribution in [-0.4, -0.2) is 28.7 Å². The molecule has 7 nitrogen and oxygen atoms in total. The summed E-state index contributed by atoms with van der Waals surface area (Å²) in [6.07, 6.45) is 5.63. The molecule has 4 aromatic carbocycles. The van der Waals surface area contributed by atoms with E-state index in [1.807, 2.05) is 68.4 Å². The van der Waals surface area contributed by atoms with Crippen molar-refractivity contribution < 1.29 is 9.59 Å². The first-order chi connectivity index (χ1) is 22.3. The Hall–Kier alpha value is -4.75. The van der Waals surface area contributed by atoms with E-state index in [0.717, 1.165) is 59.3 Å². The number of amides is 3. The van der Waals surface area contributed by atoms with Crippen molar-refractivity contribution in [2.75, 3.05) is 10.2 Å². The first kappa shape index (κ1) is 31.2. The molecule has 1 atom stereocenters. The van der Waals surface area contributed by atoms with Crippen LogP contribution in [0.4, 0.5) is 21.9 Å². The predicted molar refractivity (Wildman–Crippen MR) is 187 cm³/mol. The summed E-state index contributed by atoms with van der Waals surface area (Å²) in [7, 11) is 0. The summed E-state index contributed by atoms with van der Waals surface area (Å²) in [5, 5.41) is 9.77. The van der Waals surface area contributed by atoms with E-state index >= 15 is 0 Å². The molecule has 1 aliphatic carbocycles. The molecule has 46 heavy (non-hydrogen) atoms. The third kappa shape index (κ3) is 6.75. The van der Waals surface area contributed by atoms with Crippen LogP contribution in [0.1, 0.15) is 62.6 Å². The highest BCUT2D eigenvalue weighted by atomic mass is 16.2. The summed E-state index contributed by atoms with van der Waals surface area (Å²) in [6.45, 7) is 6.30. The molecule has 1 fully saturated rings. The van der Waals surface area contributed by atoms with Gasteiger partial charge in [-0.05, 0) is 78.8 Å². The van der Waals surface area contributed by atoms with Crippen molar-refractivity contribution in [2.24, 2.45) is 22.7 Å². The summed E-state index contributed by atoms with van der Waals surface area (Å²) >= 11 is 0. The molecule has 2 aliphatic rings. The molecule has 0 unspecified atom stereocenters.